The van der Waals surface area contributed by atoms with Gasteiger partial charge in [0.15, 0.2) is 0 Å². The number of carbonyl (C=O) groups is 1. The third-order valence-corrected chi connectivity index (χ3v) is 3.50. The number of halogens is 1. The van der Waals surface area contributed by atoms with Crippen molar-refractivity contribution in [2.45, 2.75) is 17.4 Å². The molecule has 0 radical (unpaired) electrons. The van der Waals surface area contributed by atoms with Crippen molar-refractivity contribution in [1.29, 1.82) is 0 Å². The lowest BCUT2D eigenvalue weighted by atomic mass is 10.2. The molecule has 0 saturated heterocycles. The highest BCUT2D eigenvalue weighted by Gasteiger charge is 2.18. The van der Waals surface area contributed by atoms with Crippen LogP contribution in [0.15, 0.2) is 46.6 Å². The first-order valence-corrected chi connectivity index (χ1v) is 7.13. The molecule has 1 N–H and O–H groups in total. The van der Waals surface area contributed by atoms with Crippen LogP contribution in [0.2, 0.25) is 0 Å². The van der Waals surface area contributed by atoms with Gasteiger partial charge in [0.25, 0.3) is 5.22 Å². The summed E-state index contributed by atoms with van der Waals surface area (Å²) in [5, 5.41) is 10.4. The fourth-order valence-electron chi connectivity index (χ4n) is 1.49. The van der Waals surface area contributed by atoms with E-state index in [0.29, 0.717) is 12.1 Å². The van der Waals surface area contributed by atoms with Crippen LogP contribution in [0.1, 0.15) is 6.92 Å². The molecule has 1 atom stereocenters. The lowest BCUT2D eigenvalue weighted by Crippen LogP contribution is -2.30. The number of nitrogens with zero attached hydrogens (tertiary/aromatic N) is 2. The second-order valence-electron chi connectivity index (χ2n) is 4.17. The fraction of sp³-hybridized carbons (Fsp3) is 0.214. The smallest absolute Gasteiger partial charge is 0.277 e. The molecule has 0 bridgehead atoms. The predicted molar refractivity (Wildman–Crippen MR) is 78.2 cm³/mol. The Morgan fingerprint density at radius 2 is 2.19 bits per heavy atom. The molecule has 7 heteroatoms. The molecule has 1 amide bonds. The largest absolute Gasteiger partial charge is 0.411 e. The normalized spacial score (nSPS) is 11.9. The van der Waals surface area contributed by atoms with Crippen molar-refractivity contribution in [3.63, 3.8) is 0 Å². The maximum Gasteiger partial charge on any atom is 0.277 e. The van der Waals surface area contributed by atoms with Gasteiger partial charge in [0.2, 0.25) is 11.8 Å². The highest BCUT2D eigenvalue weighted by atomic mass is 32.2. The van der Waals surface area contributed by atoms with Gasteiger partial charge in [-0.15, -0.1) is 16.8 Å². The number of carbonyl (C=O) groups excluding carboxylic acids is 1. The van der Waals surface area contributed by atoms with E-state index in [1.54, 1.807) is 25.1 Å². The van der Waals surface area contributed by atoms with Gasteiger partial charge >= 0.3 is 0 Å². The SMILES string of the molecule is C=CCNC(=O)[C@H](C)Sc1nnc(-c2ccc(F)cc2)o1. The Kier molecular flexibility index (Phi) is 5.10. The summed E-state index contributed by atoms with van der Waals surface area (Å²) in [4.78, 5) is 11.7. The van der Waals surface area contributed by atoms with E-state index >= 15 is 0 Å². The Morgan fingerprint density at radius 1 is 1.48 bits per heavy atom. The van der Waals surface area contributed by atoms with Crippen LogP contribution in [0.25, 0.3) is 11.5 Å². The van der Waals surface area contributed by atoms with Crippen LogP contribution in [0, 0.1) is 5.82 Å². The van der Waals surface area contributed by atoms with Crippen LogP contribution in [-0.2, 0) is 4.79 Å². The second kappa shape index (κ2) is 7.03. The Labute approximate surface area is 125 Å². The number of aromatic nitrogens is 2. The Bertz CT molecular complexity index is 627. The maximum atomic E-state index is 12.8. The van der Waals surface area contributed by atoms with E-state index in [1.807, 2.05) is 0 Å². The van der Waals surface area contributed by atoms with Crippen molar-refractivity contribution in [2.75, 3.05) is 6.54 Å². The number of rotatable bonds is 6. The molecule has 1 aromatic heterocycles. The summed E-state index contributed by atoms with van der Waals surface area (Å²) in [5.41, 5.74) is 0.625. The zero-order chi connectivity index (χ0) is 15.2. The van der Waals surface area contributed by atoms with Gasteiger partial charge in [0.1, 0.15) is 5.82 Å². The van der Waals surface area contributed by atoms with Crippen LogP contribution < -0.4 is 5.32 Å². The minimum absolute atomic E-state index is 0.138. The first-order valence-electron chi connectivity index (χ1n) is 6.25. The third-order valence-electron chi connectivity index (χ3n) is 2.57. The highest BCUT2D eigenvalue weighted by Crippen LogP contribution is 2.26. The van der Waals surface area contributed by atoms with E-state index in [0.717, 1.165) is 11.8 Å². The Morgan fingerprint density at radius 3 is 2.86 bits per heavy atom. The quantitative estimate of drug-likeness (QED) is 0.656. The number of hydrogen-bond donors (Lipinski definition) is 1. The fourth-order valence-corrected chi connectivity index (χ4v) is 2.20. The molecule has 21 heavy (non-hydrogen) atoms. The molecule has 110 valence electrons. The minimum Gasteiger partial charge on any atom is -0.411 e. The monoisotopic (exact) mass is 307 g/mol. The second-order valence-corrected chi connectivity index (χ2v) is 5.47. The molecule has 1 heterocycles. The van der Waals surface area contributed by atoms with Gasteiger partial charge in [-0.3, -0.25) is 4.79 Å². The van der Waals surface area contributed by atoms with Crippen LogP contribution in [0.3, 0.4) is 0 Å². The molecule has 0 spiro atoms. The van der Waals surface area contributed by atoms with Crippen molar-refractivity contribution in [3.8, 4) is 11.5 Å². The van der Waals surface area contributed by atoms with Gasteiger partial charge < -0.3 is 9.73 Å². The van der Waals surface area contributed by atoms with Crippen molar-refractivity contribution in [1.82, 2.24) is 15.5 Å². The molecule has 0 fully saturated rings. The van der Waals surface area contributed by atoms with Crippen molar-refractivity contribution >= 4 is 17.7 Å². The first-order chi connectivity index (χ1) is 10.1. The number of hydrogen-bond acceptors (Lipinski definition) is 5. The molecule has 2 rings (SSSR count). The van der Waals surface area contributed by atoms with Crippen LogP contribution in [0.5, 0.6) is 0 Å². The average Bonchev–Trinajstić information content (AvgIpc) is 2.93. The van der Waals surface area contributed by atoms with E-state index < -0.39 is 0 Å². The predicted octanol–water partition coefficient (Wildman–Crippen LogP) is 2.66. The number of thioether (sulfide) groups is 1. The lowest BCUT2D eigenvalue weighted by Gasteiger charge is -2.07. The third kappa shape index (κ3) is 4.16. The van der Waals surface area contributed by atoms with Gasteiger partial charge in [0, 0.05) is 12.1 Å². The summed E-state index contributed by atoms with van der Waals surface area (Å²) >= 11 is 1.16. The zero-order valence-corrected chi connectivity index (χ0v) is 12.2. The van der Waals surface area contributed by atoms with Crippen molar-refractivity contribution in [3.05, 3.63) is 42.7 Å². The number of benzene rings is 1. The zero-order valence-electron chi connectivity index (χ0n) is 11.4. The summed E-state index contributed by atoms with van der Waals surface area (Å²) in [6.45, 7) is 5.68. The average molecular weight is 307 g/mol. The van der Waals surface area contributed by atoms with Crippen molar-refractivity contribution in [2.24, 2.45) is 0 Å². The van der Waals surface area contributed by atoms with Gasteiger partial charge in [-0.1, -0.05) is 17.8 Å². The van der Waals surface area contributed by atoms with Crippen molar-refractivity contribution < 1.29 is 13.6 Å². The van der Waals surface area contributed by atoms with Crippen LogP contribution in [-0.4, -0.2) is 27.9 Å². The molecule has 0 aliphatic heterocycles. The van der Waals surface area contributed by atoms with Crippen LogP contribution in [0.4, 0.5) is 4.39 Å². The van der Waals surface area contributed by atoms with E-state index in [1.165, 1.54) is 12.1 Å². The molecule has 0 aliphatic rings. The van der Waals surface area contributed by atoms with E-state index in [-0.39, 0.29) is 28.1 Å². The summed E-state index contributed by atoms with van der Waals surface area (Å²) in [7, 11) is 0. The minimum atomic E-state index is -0.369. The first kappa shape index (κ1) is 15.2. The molecular formula is C14H14FN3O2S. The summed E-state index contributed by atoms with van der Waals surface area (Å²) in [5.74, 6) is -0.182. The highest BCUT2D eigenvalue weighted by molar-refractivity contribution is 8.00. The molecule has 0 aliphatic carbocycles. The standard InChI is InChI=1S/C14H14FN3O2S/c1-3-8-16-12(19)9(2)21-14-18-17-13(20-14)10-4-6-11(15)7-5-10/h3-7,9H,1,8H2,2H3,(H,16,19)/t9-/m0/s1. The molecule has 2 aromatic rings. The van der Waals surface area contributed by atoms with Gasteiger partial charge in [0.05, 0.1) is 5.25 Å². The Hall–Kier alpha value is -2.15. The topological polar surface area (TPSA) is 68.0 Å². The van der Waals surface area contributed by atoms with Gasteiger partial charge in [-0.2, -0.15) is 0 Å². The van der Waals surface area contributed by atoms with Gasteiger partial charge in [-0.05, 0) is 31.2 Å². The molecule has 5 nitrogen and oxygen atoms in total. The molecule has 0 unspecified atom stereocenters. The summed E-state index contributed by atoms with van der Waals surface area (Å²) in [6, 6.07) is 5.74. The molecular weight excluding hydrogens is 293 g/mol. The van der Waals surface area contributed by atoms with Crippen LogP contribution >= 0.6 is 11.8 Å². The summed E-state index contributed by atoms with van der Waals surface area (Å²) < 4.78 is 18.3. The molecule has 0 saturated carbocycles. The van der Waals surface area contributed by atoms with E-state index in [2.05, 4.69) is 22.1 Å². The summed E-state index contributed by atoms with van der Waals surface area (Å²) in [6.07, 6.45) is 1.61. The van der Waals surface area contributed by atoms with E-state index in [9.17, 15) is 9.18 Å². The molecule has 1 aromatic carbocycles. The number of amides is 1. The number of nitrogens with one attached hydrogen (secondary N) is 1. The Balaban J connectivity index is 2.01. The lowest BCUT2D eigenvalue weighted by molar-refractivity contribution is -0.120. The maximum absolute atomic E-state index is 12.8. The van der Waals surface area contributed by atoms with Gasteiger partial charge in [-0.25, -0.2) is 4.39 Å². The van der Waals surface area contributed by atoms with E-state index in [4.69, 9.17) is 4.42 Å².